The summed E-state index contributed by atoms with van der Waals surface area (Å²) in [6.07, 6.45) is 0.764. The number of sulfonamides is 1. The summed E-state index contributed by atoms with van der Waals surface area (Å²) in [7, 11) is -0.584. The molecule has 1 saturated heterocycles. The van der Waals surface area contributed by atoms with Crippen molar-refractivity contribution in [1.82, 2.24) is 9.21 Å². The lowest BCUT2D eigenvalue weighted by Crippen LogP contribution is -2.45. The molecule has 10 nitrogen and oxygen atoms in total. The molecule has 1 N–H and O–H groups in total. The number of hydrogen-bond donors (Lipinski definition) is 1. The maximum atomic E-state index is 13.1. The Hall–Kier alpha value is -3.31. The SMILES string of the molecule is COc1ccc(NC(=O)CN(C)C(=O)C2CCN(S(=O)(=O)c3ccc4c(c3)OCCO4)CC2)cc1. The van der Waals surface area contributed by atoms with Crippen molar-refractivity contribution in [3.05, 3.63) is 42.5 Å². The molecule has 2 aromatic carbocycles. The van der Waals surface area contributed by atoms with Crippen molar-refractivity contribution in [2.24, 2.45) is 5.92 Å². The number of likely N-dealkylation sites (N-methyl/N-ethyl adjacent to an activating group) is 1. The standard InChI is InChI=1S/C24H29N3O7S/c1-26(16-23(28)25-18-3-5-19(32-2)6-4-18)24(29)17-9-11-27(12-10-17)35(30,31)20-7-8-21-22(15-20)34-14-13-33-21/h3-8,15,17H,9-14,16H2,1-2H3,(H,25,28). The molecule has 2 aliphatic rings. The average Bonchev–Trinajstić information content (AvgIpc) is 2.88. The number of hydrogen-bond acceptors (Lipinski definition) is 7. The summed E-state index contributed by atoms with van der Waals surface area (Å²) in [5.41, 5.74) is 0.606. The van der Waals surface area contributed by atoms with Crippen LogP contribution in [0.3, 0.4) is 0 Å². The van der Waals surface area contributed by atoms with Crippen molar-refractivity contribution < 1.29 is 32.2 Å². The Labute approximate surface area is 204 Å². The summed E-state index contributed by atoms with van der Waals surface area (Å²) in [6.45, 7) is 1.15. The number of ether oxygens (including phenoxy) is 3. The number of amides is 2. The predicted octanol–water partition coefficient (Wildman–Crippen LogP) is 1.96. The van der Waals surface area contributed by atoms with Gasteiger partial charge in [-0.1, -0.05) is 0 Å². The molecule has 0 radical (unpaired) electrons. The number of methoxy groups -OCH3 is 1. The van der Waals surface area contributed by atoms with Crippen LogP contribution < -0.4 is 19.5 Å². The van der Waals surface area contributed by atoms with Crippen LogP contribution in [-0.2, 0) is 19.6 Å². The van der Waals surface area contributed by atoms with Gasteiger partial charge in [0.25, 0.3) is 0 Å². The summed E-state index contributed by atoms with van der Waals surface area (Å²) in [4.78, 5) is 26.8. The molecule has 4 rings (SSSR count). The second-order valence-electron chi connectivity index (χ2n) is 8.45. The zero-order valence-electron chi connectivity index (χ0n) is 19.7. The molecule has 2 aromatic rings. The van der Waals surface area contributed by atoms with Gasteiger partial charge in [-0.2, -0.15) is 4.31 Å². The van der Waals surface area contributed by atoms with Crippen molar-refractivity contribution in [2.45, 2.75) is 17.7 Å². The molecule has 188 valence electrons. The molecular weight excluding hydrogens is 474 g/mol. The molecule has 2 aliphatic heterocycles. The maximum Gasteiger partial charge on any atom is 0.243 e. The van der Waals surface area contributed by atoms with Crippen LogP contribution in [0.15, 0.2) is 47.4 Å². The van der Waals surface area contributed by atoms with Gasteiger partial charge in [0, 0.05) is 37.8 Å². The van der Waals surface area contributed by atoms with Crippen molar-refractivity contribution in [3.8, 4) is 17.2 Å². The third-order valence-electron chi connectivity index (χ3n) is 6.09. The zero-order chi connectivity index (χ0) is 25.0. The number of carbonyl (C=O) groups excluding carboxylic acids is 2. The number of anilines is 1. The van der Waals surface area contributed by atoms with E-state index in [1.807, 2.05) is 0 Å². The highest BCUT2D eigenvalue weighted by atomic mass is 32.2. The first-order valence-corrected chi connectivity index (χ1v) is 12.8. The van der Waals surface area contributed by atoms with E-state index >= 15 is 0 Å². The third-order valence-corrected chi connectivity index (χ3v) is 7.98. The minimum absolute atomic E-state index is 0.0967. The molecule has 0 unspecified atom stereocenters. The van der Waals surface area contributed by atoms with E-state index in [1.54, 1.807) is 44.5 Å². The summed E-state index contributed by atoms with van der Waals surface area (Å²) in [6, 6.07) is 11.5. The molecular formula is C24H29N3O7S. The van der Waals surface area contributed by atoms with E-state index < -0.39 is 10.0 Å². The lowest BCUT2D eigenvalue weighted by Gasteiger charge is -2.32. The summed E-state index contributed by atoms with van der Waals surface area (Å²) in [5, 5.41) is 2.75. The van der Waals surface area contributed by atoms with Crippen LogP contribution in [0.2, 0.25) is 0 Å². The number of benzene rings is 2. The maximum absolute atomic E-state index is 13.1. The first kappa shape index (κ1) is 24.8. The Morgan fingerprint density at radius 1 is 1.06 bits per heavy atom. The van der Waals surface area contributed by atoms with Crippen LogP contribution in [0.25, 0.3) is 0 Å². The van der Waals surface area contributed by atoms with Gasteiger partial charge in [-0.05, 0) is 49.2 Å². The van der Waals surface area contributed by atoms with E-state index in [0.717, 1.165) is 0 Å². The molecule has 0 spiro atoms. The van der Waals surface area contributed by atoms with Gasteiger partial charge >= 0.3 is 0 Å². The van der Waals surface area contributed by atoms with Crippen molar-refractivity contribution >= 4 is 27.5 Å². The van der Waals surface area contributed by atoms with Gasteiger partial charge in [-0.25, -0.2) is 8.42 Å². The zero-order valence-corrected chi connectivity index (χ0v) is 20.5. The smallest absolute Gasteiger partial charge is 0.243 e. The number of carbonyl (C=O) groups is 2. The lowest BCUT2D eigenvalue weighted by molar-refractivity contribution is -0.138. The molecule has 0 atom stereocenters. The van der Waals surface area contributed by atoms with Gasteiger partial charge in [-0.3, -0.25) is 9.59 Å². The molecule has 11 heteroatoms. The minimum atomic E-state index is -3.72. The fourth-order valence-electron chi connectivity index (χ4n) is 4.16. The largest absolute Gasteiger partial charge is 0.497 e. The average molecular weight is 504 g/mol. The monoisotopic (exact) mass is 503 g/mol. The minimum Gasteiger partial charge on any atom is -0.497 e. The number of nitrogens with zero attached hydrogens (tertiary/aromatic N) is 2. The van der Waals surface area contributed by atoms with Gasteiger partial charge in [0.1, 0.15) is 19.0 Å². The molecule has 2 heterocycles. The summed E-state index contributed by atoms with van der Waals surface area (Å²) >= 11 is 0. The van der Waals surface area contributed by atoms with Crippen LogP contribution in [0, 0.1) is 5.92 Å². The predicted molar refractivity (Wildman–Crippen MR) is 128 cm³/mol. The number of piperidine rings is 1. The van der Waals surface area contributed by atoms with Gasteiger partial charge in [0.2, 0.25) is 21.8 Å². The van der Waals surface area contributed by atoms with E-state index in [1.165, 1.54) is 21.3 Å². The van der Waals surface area contributed by atoms with Crippen molar-refractivity contribution in [3.63, 3.8) is 0 Å². The lowest BCUT2D eigenvalue weighted by atomic mass is 9.96. The van der Waals surface area contributed by atoms with E-state index in [0.29, 0.717) is 49.0 Å². The highest BCUT2D eigenvalue weighted by Gasteiger charge is 2.34. The van der Waals surface area contributed by atoms with Gasteiger partial charge in [0.15, 0.2) is 11.5 Å². The molecule has 35 heavy (non-hydrogen) atoms. The Balaban J connectivity index is 1.30. The molecule has 0 bridgehead atoms. The first-order chi connectivity index (χ1) is 16.8. The van der Waals surface area contributed by atoms with E-state index in [4.69, 9.17) is 14.2 Å². The van der Waals surface area contributed by atoms with Crippen LogP contribution in [0.5, 0.6) is 17.2 Å². The highest BCUT2D eigenvalue weighted by Crippen LogP contribution is 2.34. The molecule has 0 saturated carbocycles. The van der Waals surface area contributed by atoms with E-state index in [9.17, 15) is 18.0 Å². The number of rotatable bonds is 7. The number of nitrogens with one attached hydrogen (secondary N) is 1. The molecule has 1 fully saturated rings. The fourth-order valence-corrected chi connectivity index (χ4v) is 5.64. The topological polar surface area (TPSA) is 114 Å². The molecule has 0 aromatic heterocycles. The molecule has 2 amide bonds. The second-order valence-corrected chi connectivity index (χ2v) is 10.4. The van der Waals surface area contributed by atoms with Gasteiger partial charge in [0.05, 0.1) is 18.6 Å². The van der Waals surface area contributed by atoms with Crippen LogP contribution in [-0.4, -0.2) is 76.4 Å². The Morgan fingerprint density at radius 2 is 1.71 bits per heavy atom. The van der Waals surface area contributed by atoms with E-state index in [-0.39, 0.29) is 42.3 Å². The van der Waals surface area contributed by atoms with E-state index in [2.05, 4.69) is 5.32 Å². The van der Waals surface area contributed by atoms with Gasteiger partial charge < -0.3 is 24.4 Å². The Kier molecular flexibility index (Phi) is 7.46. The fraction of sp³-hybridized carbons (Fsp3) is 0.417. The highest BCUT2D eigenvalue weighted by molar-refractivity contribution is 7.89. The van der Waals surface area contributed by atoms with Gasteiger partial charge in [-0.15, -0.1) is 0 Å². The summed E-state index contributed by atoms with van der Waals surface area (Å²) < 4.78 is 43.7. The quantitative estimate of drug-likeness (QED) is 0.614. The van der Waals surface area contributed by atoms with Crippen molar-refractivity contribution in [1.29, 1.82) is 0 Å². The molecule has 0 aliphatic carbocycles. The van der Waals surface area contributed by atoms with Crippen LogP contribution in [0.4, 0.5) is 5.69 Å². The van der Waals surface area contributed by atoms with Crippen LogP contribution in [0.1, 0.15) is 12.8 Å². The summed E-state index contributed by atoms with van der Waals surface area (Å²) in [5.74, 6) is 0.782. The third kappa shape index (κ3) is 5.68. The first-order valence-electron chi connectivity index (χ1n) is 11.4. The Bertz CT molecular complexity index is 1180. The second kappa shape index (κ2) is 10.5. The van der Waals surface area contributed by atoms with Crippen LogP contribution >= 0.6 is 0 Å². The Morgan fingerprint density at radius 3 is 2.37 bits per heavy atom. The number of fused-ring (bicyclic) bond motifs is 1. The van der Waals surface area contributed by atoms with Crippen molar-refractivity contribution in [2.75, 3.05) is 52.3 Å². The normalized spacial score (nSPS) is 16.4.